The normalized spacial score (nSPS) is 21.4. The van der Waals surface area contributed by atoms with Crippen molar-refractivity contribution in [1.82, 2.24) is 0 Å². The van der Waals surface area contributed by atoms with Gasteiger partial charge in [0.25, 0.3) is 5.79 Å². The Balaban J connectivity index is 3.42. The monoisotopic (exact) mass is 286 g/mol. The van der Waals surface area contributed by atoms with Crippen molar-refractivity contribution in [3.05, 3.63) is 23.2 Å². The van der Waals surface area contributed by atoms with Crippen molar-refractivity contribution in [2.24, 2.45) is 0 Å². The van der Waals surface area contributed by atoms with Crippen LogP contribution >= 0.6 is 0 Å². The number of ether oxygens (including phenoxy) is 5. The van der Waals surface area contributed by atoms with Crippen LogP contribution in [0.5, 0.6) is 0 Å². The van der Waals surface area contributed by atoms with E-state index in [1.807, 2.05) is 13.8 Å². The maximum atomic E-state index is 11.3. The van der Waals surface area contributed by atoms with Gasteiger partial charge in [0.2, 0.25) is 0 Å². The van der Waals surface area contributed by atoms with Gasteiger partial charge in [0.15, 0.2) is 18.1 Å². The first-order chi connectivity index (χ1) is 9.64. The van der Waals surface area contributed by atoms with Gasteiger partial charge in [0, 0.05) is 21.3 Å². The first kappa shape index (κ1) is 16.7. The lowest BCUT2D eigenvalue weighted by atomic mass is 9.94. The summed E-state index contributed by atoms with van der Waals surface area (Å²) in [6.07, 6.45) is 1.53. The van der Waals surface area contributed by atoms with Gasteiger partial charge in [0.1, 0.15) is 5.76 Å². The third-order valence-corrected chi connectivity index (χ3v) is 3.07. The lowest BCUT2D eigenvalue weighted by Crippen LogP contribution is -2.52. The summed E-state index contributed by atoms with van der Waals surface area (Å²) < 4.78 is 27.5. The molecule has 6 heteroatoms. The lowest BCUT2D eigenvalue weighted by molar-refractivity contribution is -0.258. The van der Waals surface area contributed by atoms with Crippen molar-refractivity contribution in [2.75, 3.05) is 34.5 Å². The van der Waals surface area contributed by atoms with Crippen molar-refractivity contribution in [3.63, 3.8) is 0 Å². The van der Waals surface area contributed by atoms with Crippen LogP contribution in [-0.4, -0.2) is 52.7 Å². The van der Waals surface area contributed by atoms with Gasteiger partial charge in [-0.05, 0) is 19.9 Å². The summed E-state index contributed by atoms with van der Waals surface area (Å²) in [6, 6.07) is 0. The summed E-state index contributed by atoms with van der Waals surface area (Å²) in [5.41, 5.74) is 0.354. The molecule has 0 heterocycles. The van der Waals surface area contributed by atoms with Crippen molar-refractivity contribution < 1.29 is 28.5 Å². The van der Waals surface area contributed by atoms with Gasteiger partial charge in [0.05, 0.1) is 18.8 Å². The van der Waals surface area contributed by atoms with Crippen LogP contribution in [-0.2, 0) is 28.5 Å². The summed E-state index contributed by atoms with van der Waals surface area (Å²) >= 11 is 0. The zero-order valence-corrected chi connectivity index (χ0v) is 12.6. The van der Waals surface area contributed by atoms with E-state index in [2.05, 4.69) is 0 Å². The average molecular weight is 286 g/mol. The highest BCUT2D eigenvalue weighted by molar-refractivity contribution is 5.80. The smallest absolute Gasteiger partial charge is 0.262 e. The molecule has 1 unspecified atom stereocenters. The van der Waals surface area contributed by atoms with Crippen LogP contribution in [0.25, 0.3) is 0 Å². The van der Waals surface area contributed by atoms with Gasteiger partial charge in [-0.2, -0.15) is 0 Å². The summed E-state index contributed by atoms with van der Waals surface area (Å²) in [5, 5.41) is 0. The maximum absolute atomic E-state index is 11.3. The van der Waals surface area contributed by atoms with E-state index in [4.69, 9.17) is 23.7 Å². The van der Waals surface area contributed by atoms with Gasteiger partial charge >= 0.3 is 0 Å². The fraction of sp³-hybridized carbons (Fsp3) is 0.643. The number of allylic oxidation sites excluding steroid dienone is 2. The van der Waals surface area contributed by atoms with Gasteiger partial charge in [-0.15, -0.1) is 0 Å². The van der Waals surface area contributed by atoms with E-state index in [0.717, 1.165) is 0 Å². The predicted octanol–water partition coefficient (Wildman–Crippen LogP) is 1.41. The van der Waals surface area contributed by atoms with Crippen molar-refractivity contribution >= 4 is 6.29 Å². The van der Waals surface area contributed by atoms with Crippen LogP contribution in [0.15, 0.2) is 23.2 Å². The Hall–Kier alpha value is -1.37. The van der Waals surface area contributed by atoms with E-state index in [1.165, 1.54) is 21.3 Å². The fourth-order valence-electron chi connectivity index (χ4n) is 2.23. The zero-order chi connectivity index (χ0) is 15.2. The summed E-state index contributed by atoms with van der Waals surface area (Å²) in [7, 11) is 4.46. The van der Waals surface area contributed by atoms with Gasteiger partial charge < -0.3 is 23.7 Å². The third kappa shape index (κ3) is 2.72. The SMILES string of the molecule is CCOC1=CC(C=O)=C(OCC)C(OC)C1(OC)OC. The molecule has 0 amide bonds. The Morgan fingerprint density at radius 1 is 1.15 bits per heavy atom. The molecule has 0 spiro atoms. The topological polar surface area (TPSA) is 63.2 Å². The minimum Gasteiger partial charge on any atom is -0.494 e. The first-order valence-corrected chi connectivity index (χ1v) is 6.45. The molecule has 1 atom stereocenters. The Morgan fingerprint density at radius 3 is 2.15 bits per heavy atom. The molecule has 0 saturated heterocycles. The van der Waals surface area contributed by atoms with E-state index in [9.17, 15) is 4.79 Å². The number of aldehydes is 1. The van der Waals surface area contributed by atoms with Crippen LogP contribution in [0, 0.1) is 0 Å². The Kier molecular flexibility index (Phi) is 6.19. The molecule has 6 nitrogen and oxygen atoms in total. The molecule has 1 aliphatic rings. The first-order valence-electron chi connectivity index (χ1n) is 6.45. The highest BCUT2D eigenvalue weighted by atomic mass is 16.7. The van der Waals surface area contributed by atoms with Crippen LogP contribution in [0.4, 0.5) is 0 Å². The molecule has 0 radical (unpaired) electrons. The Morgan fingerprint density at radius 2 is 1.75 bits per heavy atom. The second-order valence-corrected chi connectivity index (χ2v) is 4.00. The van der Waals surface area contributed by atoms with E-state index in [1.54, 1.807) is 6.08 Å². The van der Waals surface area contributed by atoms with Gasteiger partial charge in [-0.3, -0.25) is 4.79 Å². The summed E-state index contributed by atoms with van der Waals surface area (Å²) in [6.45, 7) is 4.47. The molecular weight excluding hydrogens is 264 g/mol. The molecule has 1 aliphatic carbocycles. The van der Waals surface area contributed by atoms with Crippen molar-refractivity contribution in [2.45, 2.75) is 25.7 Å². The highest BCUT2D eigenvalue weighted by Gasteiger charge is 2.51. The summed E-state index contributed by atoms with van der Waals surface area (Å²) in [4.78, 5) is 11.3. The molecular formula is C14H22O6. The molecule has 0 aliphatic heterocycles. The van der Waals surface area contributed by atoms with Crippen molar-refractivity contribution in [1.29, 1.82) is 0 Å². The average Bonchev–Trinajstić information content (AvgIpc) is 2.48. The number of hydrogen-bond donors (Lipinski definition) is 0. The minimum atomic E-state index is -1.28. The standard InChI is InChI=1S/C14H22O6/c1-6-19-11-8-10(9-15)12(20-7-2)13(16-3)14(11,17-4)18-5/h8-9,13H,6-7H2,1-5H3. The third-order valence-electron chi connectivity index (χ3n) is 3.07. The molecule has 0 aromatic rings. The number of rotatable bonds is 8. The van der Waals surface area contributed by atoms with E-state index in [-0.39, 0.29) is 0 Å². The minimum absolute atomic E-state index is 0.354. The van der Waals surface area contributed by atoms with E-state index >= 15 is 0 Å². The van der Waals surface area contributed by atoms with Gasteiger partial charge in [-0.1, -0.05) is 0 Å². The quantitative estimate of drug-likeness (QED) is 0.496. The molecule has 1 rings (SSSR count). The highest BCUT2D eigenvalue weighted by Crippen LogP contribution is 2.38. The van der Waals surface area contributed by atoms with Crippen LogP contribution in [0.1, 0.15) is 13.8 Å². The second-order valence-electron chi connectivity index (χ2n) is 4.00. The molecule has 0 fully saturated rings. The van der Waals surface area contributed by atoms with Gasteiger partial charge in [-0.25, -0.2) is 0 Å². The van der Waals surface area contributed by atoms with Crippen molar-refractivity contribution in [3.8, 4) is 0 Å². The van der Waals surface area contributed by atoms with E-state index in [0.29, 0.717) is 36.6 Å². The number of carbonyl (C=O) groups is 1. The largest absolute Gasteiger partial charge is 0.494 e. The molecule has 0 bridgehead atoms. The second kappa shape index (κ2) is 7.42. The number of methoxy groups -OCH3 is 3. The Labute approximate surface area is 119 Å². The number of hydrogen-bond acceptors (Lipinski definition) is 6. The van der Waals surface area contributed by atoms with Crippen LogP contribution in [0.3, 0.4) is 0 Å². The van der Waals surface area contributed by atoms with Crippen LogP contribution < -0.4 is 0 Å². The molecule has 0 aromatic heterocycles. The maximum Gasteiger partial charge on any atom is 0.262 e. The fourth-order valence-corrected chi connectivity index (χ4v) is 2.23. The predicted molar refractivity (Wildman–Crippen MR) is 72.0 cm³/mol. The van der Waals surface area contributed by atoms with E-state index < -0.39 is 11.9 Å². The zero-order valence-electron chi connectivity index (χ0n) is 12.6. The lowest BCUT2D eigenvalue weighted by Gasteiger charge is -2.41. The van der Waals surface area contributed by atoms with Crippen LogP contribution in [0.2, 0.25) is 0 Å². The molecule has 0 saturated carbocycles. The molecule has 20 heavy (non-hydrogen) atoms. The Bertz CT molecular complexity index is 394. The summed E-state index contributed by atoms with van der Waals surface area (Å²) in [5.74, 6) is -0.526. The molecule has 0 N–H and O–H groups in total. The molecule has 114 valence electrons. The molecule has 0 aromatic carbocycles. The number of carbonyl (C=O) groups excluding carboxylic acids is 1.